The first kappa shape index (κ1) is 20.8. The van der Waals surface area contributed by atoms with E-state index >= 15 is 0 Å². The van der Waals surface area contributed by atoms with Crippen molar-refractivity contribution in [2.24, 2.45) is 0 Å². The molecule has 3 aromatic rings. The lowest BCUT2D eigenvalue weighted by atomic mass is 10.1. The summed E-state index contributed by atoms with van der Waals surface area (Å²) in [5.41, 5.74) is 4.33. The monoisotopic (exact) mass is 369 g/mol. The van der Waals surface area contributed by atoms with Crippen LogP contribution in [0.2, 0.25) is 0 Å². The zero-order valence-corrected chi connectivity index (χ0v) is 15.3. The molecule has 1 aliphatic heterocycles. The maximum Gasteiger partial charge on any atom is 0.0730 e. The van der Waals surface area contributed by atoms with Crippen LogP contribution in [0.15, 0.2) is 60.7 Å². The van der Waals surface area contributed by atoms with Gasteiger partial charge in [-0.15, -0.1) is 0 Å². The number of nitrogens with one attached hydrogen (secondary N) is 1. The predicted molar refractivity (Wildman–Crippen MR) is 110 cm³/mol. The Morgan fingerprint density at radius 2 is 1.63 bits per heavy atom. The van der Waals surface area contributed by atoms with Crippen molar-refractivity contribution in [1.82, 2.24) is 9.88 Å². The summed E-state index contributed by atoms with van der Waals surface area (Å²) < 4.78 is 5.42. The van der Waals surface area contributed by atoms with Crippen LogP contribution in [0.3, 0.4) is 0 Å². The van der Waals surface area contributed by atoms with Gasteiger partial charge in [0.1, 0.15) is 0 Å². The summed E-state index contributed by atoms with van der Waals surface area (Å²) in [5.74, 6) is 0. The Bertz CT molecular complexity index is 836. The first-order valence-corrected chi connectivity index (χ1v) is 8.89. The van der Waals surface area contributed by atoms with Crippen molar-refractivity contribution in [2.75, 3.05) is 44.7 Å². The first-order chi connectivity index (χ1) is 12.4. The molecule has 0 amide bonds. The summed E-state index contributed by atoms with van der Waals surface area (Å²) in [5, 5.41) is 4.79. The minimum absolute atomic E-state index is 0. The van der Waals surface area contributed by atoms with Crippen molar-refractivity contribution in [3.8, 4) is 11.3 Å². The van der Waals surface area contributed by atoms with Crippen molar-refractivity contribution < 1.29 is 15.7 Å². The summed E-state index contributed by atoms with van der Waals surface area (Å²) in [6, 6.07) is 20.8. The summed E-state index contributed by atoms with van der Waals surface area (Å²) in [7, 11) is 0. The smallest absolute Gasteiger partial charge is 0.0730 e. The molecule has 6 heteroatoms. The Morgan fingerprint density at radius 3 is 2.41 bits per heavy atom. The molecule has 5 N–H and O–H groups in total. The molecule has 2 heterocycles. The molecule has 1 aliphatic rings. The number of rotatable bonds is 5. The van der Waals surface area contributed by atoms with E-state index < -0.39 is 0 Å². The molecule has 2 aromatic carbocycles. The van der Waals surface area contributed by atoms with Gasteiger partial charge in [-0.1, -0.05) is 48.5 Å². The second-order valence-corrected chi connectivity index (χ2v) is 6.32. The third kappa shape index (κ3) is 5.02. The average molecular weight is 369 g/mol. The molecule has 0 atom stereocenters. The average Bonchev–Trinajstić information content (AvgIpc) is 2.69. The number of morpholine rings is 1. The van der Waals surface area contributed by atoms with E-state index in [0.717, 1.165) is 61.9 Å². The normalized spacial score (nSPS) is 14.2. The molecule has 1 aromatic heterocycles. The molecule has 1 saturated heterocycles. The lowest BCUT2D eigenvalue weighted by Crippen LogP contribution is -2.39. The molecule has 0 radical (unpaired) electrons. The number of fused-ring (bicyclic) bond motifs is 1. The van der Waals surface area contributed by atoms with E-state index in [9.17, 15) is 0 Å². The number of hydrogen-bond donors (Lipinski definition) is 1. The highest BCUT2D eigenvalue weighted by Gasteiger charge is 2.11. The standard InChI is InChI=1S/C21H23N3O.2H2O/c1-2-6-17(7-3-1)20-16-21(18-8-4-5-9-19(18)23-20)22-10-11-24-12-14-25-15-13-24;;/h1-9,16H,10-15H2,(H,22,23);2*1H2. The van der Waals surface area contributed by atoms with Gasteiger partial charge in [0.25, 0.3) is 0 Å². The van der Waals surface area contributed by atoms with Crippen molar-refractivity contribution in [3.05, 3.63) is 60.7 Å². The van der Waals surface area contributed by atoms with Gasteiger partial charge in [-0.25, -0.2) is 4.98 Å². The summed E-state index contributed by atoms with van der Waals surface area (Å²) in [4.78, 5) is 7.28. The molecule has 27 heavy (non-hydrogen) atoms. The Balaban J connectivity index is 0.00000131. The van der Waals surface area contributed by atoms with E-state index in [1.54, 1.807) is 0 Å². The van der Waals surface area contributed by atoms with Crippen molar-refractivity contribution in [1.29, 1.82) is 0 Å². The molecule has 6 nitrogen and oxygen atoms in total. The maximum atomic E-state index is 5.42. The minimum atomic E-state index is 0. The van der Waals surface area contributed by atoms with Gasteiger partial charge in [-0.2, -0.15) is 0 Å². The van der Waals surface area contributed by atoms with Crippen LogP contribution in [-0.4, -0.2) is 60.2 Å². The molecule has 0 unspecified atom stereocenters. The van der Waals surface area contributed by atoms with E-state index in [2.05, 4.69) is 58.7 Å². The summed E-state index contributed by atoms with van der Waals surface area (Å²) >= 11 is 0. The number of aromatic nitrogens is 1. The topological polar surface area (TPSA) is 100 Å². The molecular formula is C21H27N3O3. The quantitative estimate of drug-likeness (QED) is 0.743. The van der Waals surface area contributed by atoms with Crippen LogP contribution in [0.4, 0.5) is 5.69 Å². The number of benzene rings is 2. The molecule has 0 spiro atoms. The van der Waals surface area contributed by atoms with E-state index in [1.165, 1.54) is 5.39 Å². The molecule has 4 rings (SSSR count). The van der Waals surface area contributed by atoms with Gasteiger partial charge in [0.2, 0.25) is 0 Å². The van der Waals surface area contributed by atoms with E-state index in [1.807, 2.05) is 12.1 Å². The molecule has 0 aliphatic carbocycles. The summed E-state index contributed by atoms with van der Waals surface area (Å²) in [6.45, 7) is 5.68. The van der Waals surface area contributed by atoms with Crippen LogP contribution in [0.5, 0.6) is 0 Å². The van der Waals surface area contributed by atoms with Crippen molar-refractivity contribution >= 4 is 16.6 Å². The van der Waals surface area contributed by atoms with Gasteiger partial charge < -0.3 is 21.0 Å². The van der Waals surface area contributed by atoms with Crippen LogP contribution < -0.4 is 5.32 Å². The minimum Gasteiger partial charge on any atom is -0.412 e. The van der Waals surface area contributed by atoms with Crippen LogP contribution in [0.25, 0.3) is 22.2 Å². The Labute approximate surface area is 159 Å². The number of hydrogen-bond acceptors (Lipinski definition) is 4. The van der Waals surface area contributed by atoms with Crippen molar-refractivity contribution in [3.63, 3.8) is 0 Å². The molecule has 0 saturated carbocycles. The lowest BCUT2D eigenvalue weighted by Gasteiger charge is -2.26. The highest BCUT2D eigenvalue weighted by atomic mass is 16.5. The maximum absolute atomic E-state index is 5.42. The second-order valence-electron chi connectivity index (χ2n) is 6.32. The number of anilines is 1. The van der Waals surface area contributed by atoms with Crippen LogP contribution in [-0.2, 0) is 4.74 Å². The zero-order valence-electron chi connectivity index (χ0n) is 15.3. The Morgan fingerprint density at radius 1 is 0.926 bits per heavy atom. The van der Waals surface area contributed by atoms with Gasteiger partial charge in [0, 0.05) is 42.8 Å². The summed E-state index contributed by atoms with van der Waals surface area (Å²) in [6.07, 6.45) is 0. The van der Waals surface area contributed by atoms with Gasteiger partial charge in [0.05, 0.1) is 24.4 Å². The Kier molecular flexibility index (Phi) is 7.69. The van der Waals surface area contributed by atoms with Gasteiger partial charge >= 0.3 is 0 Å². The highest BCUT2D eigenvalue weighted by Crippen LogP contribution is 2.28. The zero-order chi connectivity index (χ0) is 16.9. The fourth-order valence-electron chi connectivity index (χ4n) is 3.25. The lowest BCUT2D eigenvalue weighted by molar-refractivity contribution is 0.0398. The molecule has 1 fully saturated rings. The number of para-hydroxylation sites is 1. The second kappa shape index (κ2) is 9.99. The van der Waals surface area contributed by atoms with Crippen LogP contribution >= 0.6 is 0 Å². The van der Waals surface area contributed by atoms with Crippen molar-refractivity contribution in [2.45, 2.75) is 0 Å². The van der Waals surface area contributed by atoms with E-state index in [4.69, 9.17) is 9.72 Å². The fourth-order valence-corrected chi connectivity index (χ4v) is 3.25. The predicted octanol–water partition coefficient (Wildman–Crippen LogP) is 2.00. The van der Waals surface area contributed by atoms with Gasteiger partial charge in [-0.05, 0) is 12.1 Å². The molecular weight excluding hydrogens is 342 g/mol. The van der Waals surface area contributed by atoms with Gasteiger partial charge in [0.15, 0.2) is 0 Å². The fraction of sp³-hybridized carbons (Fsp3) is 0.286. The largest absolute Gasteiger partial charge is 0.412 e. The third-order valence-electron chi connectivity index (χ3n) is 4.63. The third-order valence-corrected chi connectivity index (χ3v) is 4.63. The molecule has 144 valence electrons. The SMILES string of the molecule is O.O.c1ccc(-c2cc(NCCN3CCOCC3)c3ccccc3n2)cc1. The first-order valence-electron chi connectivity index (χ1n) is 8.89. The van der Waals surface area contributed by atoms with Crippen LogP contribution in [0.1, 0.15) is 0 Å². The number of nitrogens with zero attached hydrogens (tertiary/aromatic N) is 2. The van der Waals surface area contributed by atoms with E-state index in [-0.39, 0.29) is 11.0 Å². The van der Waals surface area contributed by atoms with Gasteiger partial charge in [-0.3, -0.25) is 4.90 Å². The number of pyridine rings is 1. The number of ether oxygens (including phenoxy) is 1. The van der Waals surface area contributed by atoms with E-state index in [0.29, 0.717) is 0 Å². The Hall–Kier alpha value is -2.51. The highest BCUT2D eigenvalue weighted by molar-refractivity contribution is 5.93. The van der Waals surface area contributed by atoms with Crippen LogP contribution in [0, 0.1) is 0 Å². The molecule has 0 bridgehead atoms.